The van der Waals surface area contributed by atoms with Crippen LogP contribution in [0.4, 0.5) is 5.69 Å². The lowest BCUT2D eigenvalue weighted by Gasteiger charge is -2.37. The zero-order chi connectivity index (χ0) is 30.1. The average molecular weight is 665 g/mol. The highest BCUT2D eigenvalue weighted by Gasteiger charge is 2.76. The van der Waals surface area contributed by atoms with Gasteiger partial charge >= 0.3 is 0 Å². The summed E-state index contributed by atoms with van der Waals surface area (Å²) in [5.74, 6) is -1.41. The Morgan fingerprint density at radius 3 is 2.30 bits per heavy atom. The van der Waals surface area contributed by atoms with Crippen molar-refractivity contribution in [1.82, 2.24) is 10.2 Å². The van der Waals surface area contributed by atoms with Crippen molar-refractivity contribution in [2.24, 2.45) is 11.8 Å². The molecule has 0 aliphatic carbocycles. The fourth-order valence-electron chi connectivity index (χ4n) is 6.98. The van der Waals surface area contributed by atoms with E-state index in [0.29, 0.717) is 30.8 Å². The SMILES string of the molecule is COc1ccc(NC(=O)C2N([C@@H](CO)Cc3ccccc3)C(=O)[C@@H]3[C@@H](C(=O)NCc4ccccc4)[C@@H]4SC23CC4Br)cc1. The predicted octanol–water partition coefficient (Wildman–Crippen LogP) is 4.02. The molecule has 7 atom stereocenters. The van der Waals surface area contributed by atoms with Crippen molar-refractivity contribution in [3.05, 3.63) is 96.1 Å². The lowest BCUT2D eigenvalue weighted by atomic mass is 9.70. The number of carbonyl (C=O) groups excluding carboxylic acids is 3. The monoisotopic (exact) mass is 663 g/mol. The van der Waals surface area contributed by atoms with Crippen LogP contribution in [0.2, 0.25) is 0 Å². The number of nitrogens with one attached hydrogen (secondary N) is 2. The quantitative estimate of drug-likeness (QED) is 0.283. The molecule has 8 nitrogen and oxygen atoms in total. The van der Waals surface area contributed by atoms with E-state index in [-0.39, 0.29) is 34.4 Å². The lowest BCUT2D eigenvalue weighted by molar-refractivity contribution is -0.142. The van der Waals surface area contributed by atoms with Gasteiger partial charge in [-0.1, -0.05) is 76.6 Å². The van der Waals surface area contributed by atoms with E-state index < -0.39 is 28.7 Å². The number of benzene rings is 3. The molecular formula is C33H34BrN3O5S. The van der Waals surface area contributed by atoms with Gasteiger partial charge in [0.2, 0.25) is 17.7 Å². The lowest BCUT2D eigenvalue weighted by Crippen LogP contribution is -2.55. The van der Waals surface area contributed by atoms with Crippen LogP contribution in [0.15, 0.2) is 84.9 Å². The topological polar surface area (TPSA) is 108 Å². The summed E-state index contributed by atoms with van der Waals surface area (Å²) in [5.41, 5.74) is 2.49. The van der Waals surface area contributed by atoms with Gasteiger partial charge in [0.25, 0.3) is 0 Å². The highest BCUT2D eigenvalue weighted by atomic mass is 79.9. The Morgan fingerprint density at radius 1 is 1.02 bits per heavy atom. The van der Waals surface area contributed by atoms with Gasteiger partial charge < -0.3 is 25.4 Å². The normalized spacial score (nSPS) is 27.9. The zero-order valence-electron chi connectivity index (χ0n) is 23.7. The van der Waals surface area contributed by atoms with Crippen molar-refractivity contribution in [3.8, 4) is 5.75 Å². The van der Waals surface area contributed by atoms with E-state index in [4.69, 9.17) is 4.74 Å². The molecule has 3 fully saturated rings. The molecule has 3 aliphatic heterocycles. The largest absolute Gasteiger partial charge is 0.497 e. The van der Waals surface area contributed by atoms with Gasteiger partial charge in [-0.3, -0.25) is 14.4 Å². The first-order chi connectivity index (χ1) is 20.9. The third-order valence-corrected chi connectivity index (χ3v) is 12.1. The number of amides is 3. The van der Waals surface area contributed by atoms with Gasteiger partial charge in [-0.15, -0.1) is 11.8 Å². The van der Waals surface area contributed by atoms with E-state index in [2.05, 4.69) is 26.6 Å². The molecule has 3 saturated heterocycles. The first-order valence-electron chi connectivity index (χ1n) is 14.4. The van der Waals surface area contributed by atoms with Gasteiger partial charge in [0.1, 0.15) is 11.8 Å². The van der Waals surface area contributed by atoms with Crippen LogP contribution >= 0.6 is 27.7 Å². The van der Waals surface area contributed by atoms with Crippen molar-refractivity contribution < 1.29 is 24.2 Å². The summed E-state index contributed by atoms with van der Waals surface area (Å²) in [6.07, 6.45) is 0.941. The van der Waals surface area contributed by atoms with Crippen LogP contribution in [0.1, 0.15) is 17.5 Å². The summed E-state index contributed by atoms with van der Waals surface area (Å²) in [7, 11) is 1.58. The van der Waals surface area contributed by atoms with Crippen molar-refractivity contribution in [2.75, 3.05) is 19.0 Å². The second kappa shape index (κ2) is 12.3. The van der Waals surface area contributed by atoms with Crippen LogP contribution in [0.25, 0.3) is 0 Å². The van der Waals surface area contributed by atoms with E-state index in [1.54, 1.807) is 48.0 Å². The number of hydrogen-bond acceptors (Lipinski definition) is 6. The Balaban J connectivity index is 1.35. The molecule has 10 heteroatoms. The molecule has 3 amide bonds. The fraction of sp³-hybridized carbons (Fsp3) is 0.364. The first-order valence-corrected chi connectivity index (χ1v) is 16.2. The summed E-state index contributed by atoms with van der Waals surface area (Å²) in [4.78, 5) is 44.2. The van der Waals surface area contributed by atoms with Crippen LogP contribution in [-0.4, -0.2) is 68.4 Å². The number of carbonyl (C=O) groups is 3. The standard InChI is InChI=1S/C33H34BrN3O5S/c1-42-24-14-12-22(13-15-24)36-31(40)29-33-17-25(34)28(43-33)26(30(39)35-18-21-10-6-3-7-11-21)27(33)32(41)37(29)23(19-38)16-20-8-4-2-5-9-20/h2-15,23,25-29,38H,16-19H2,1H3,(H,35,39)(H,36,40)/t23-,25?,26-,27+,28-,29?,33?/m1/s1. The number of methoxy groups -OCH3 is 1. The Kier molecular flexibility index (Phi) is 8.53. The third-order valence-electron chi connectivity index (χ3n) is 8.86. The molecule has 2 bridgehead atoms. The number of likely N-dealkylation sites (tertiary alicyclic amines) is 1. The van der Waals surface area contributed by atoms with Crippen LogP contribution in [0.3, 0.4) is 0 Å². The smallest absolute Gasteiger partial charge is 0.248 e. The van der Waals surface area contributed by atoms with Crippen LogP contribution in [0.5, 0.6) is 5.75 Å². The van der Waals surface area contributed by atoms with Crippen molar-refractivity contribution in [1.29, 1.82) is 0 Å². The van der Waals surface area contributed by atoms with E-state index in [0.717, 1.165) is 11.1 Å². The second-order valence-corrected chi connectivity index (χ2v) is 14.1. The highest BCUT2D eigenvalue weighted by molar-refractivity contribution is 9.09. The zero-order valence-corrected chi connectivity index (χ0v) is 26.1. The molecule has 3 N–H and O–H groups in total. The predicted molar refractivity (Wildman–Crippen MR) is 170 cm³/mol. The third kappa shape index (κ3) is 5.45. The number of hydrogen-bond donors (Lipinski definition) is 3. The number of alkyl halides is 1. The fourth-order valence-corrected chi connectivity index (χ4v) is 10.6. The minimum atomic E-state index is -0.880. The highest BCUT2D eigenvalue weighted by Crippen LogP contribution is 2.68. The van der Waals surface area contributed by atoms with Gasteiger partial charge in [-0.05, 0) is 48.2 Å². The maximum Gasteiger partial charge on any atom is 0.248 e. The number of ether oxygens (including phenoxy) is 1. The van der Waals surface area contributed by atoms with Gasteiger partial charge in [-0.2, -0.15) is 0 Å². The molecule has 3 heterocycles. The minimum absolute atomic E-state index is 0.0491. The van der Waals surface area contributed by atoms with E-state index in [1.807, 2.05) is 60.7 Å². The second-order valence-electron chi connectivity index (χ2n) is 11.4. The van der Waals surface area contributed by atoms with E-state index in [1.165, 1.54) is 0 Å². The Morgan fingerprint density at radius 2 is 1.67 bits per heavy atom. The Labute approximate surface area is 263 Å². The molecule has 0 aromatic heterocycles. The summed E-state index contributed by atoms with van der Waals surface area (Å²) in [6.45, 7) is 0.0409. The molecular weight excluding hydrogens is 630 g/mol. The Hall–Kier alpha value is -3.34. The van der Waals surface area contributed by atoms with Crippen LogP contribution in [0, 0.1) is 11.8 Å². The minimum Gasteiger partial charge on any atom is -0.497 e. The summed E-state index contributed by atoms with van der Waals surface area (Å²) >= 11 is 5.39. The van der Waals surface area contributed by atoms with Crippen molar-refractivity contribution in [3.63, 3.8) is 0 Å². The van der Waals surface area contributed by atoms with Gasteiger partial charge in [0.15, 0.2) is 0 Å². The summed E-state index contributed by atoms with van der Waals surface area (Å²) in [6, 6.07) is 24.8. The number of anilines is 1. The molecule has 43 heavy (non-hydrogen) atoms. The number of rotatable bonds is 10. The van der Waals surface area contributed by atoms with Crippen LogP contribution in [-0.2, 0) is 27.3 Å². The molecule has 0 saturated carbocycles. The molecule has 224 valence electrons. The number of fused-ring (bicyclic) bond motifs is 1. The summed E-state index contributed by atoms with van der Waals surface area (Å²) in [5, 5.41) is 16.6. The number of nitrogens with zero attached hydrogens (tertiary/aromatic N) is 1. The van der Waals surface area contributed by atoms with Crippen molar-refractivity contribution in [2.45, 2.75) is 46.3 Å². The Bertz CT molecular complexity index is 1480. The molecule has 3 unspecified atom stereocenters. The molecule has 1 spiro atoms. The number of aliphatic hydroxyl groups excluding tert-OH is 1. The van der Waals surface area contributed by atoms with Gasteiger partial charge in [0, 0.05) is 22.3 Å². The van der Waals surface area contributed by atoms with Crippen LogP contribution < -0.4 is 15.4 Å². The van der Waals surface area contributed by atoms with Gasteiger partial charge in [-0.25, -0.2) is 0 Å². The molecule has 0 radical (unpaired) electrons. The maximum absolute atomic E-state index is 14.5. The first kappa shape index (κ1) is 29.7. The molecule has 6 rings (SSSR count). The average Bonchev–Trinajstić information content (AvgIpc) is 3.63. The number of aliphatic hydroxyl groups is 1. The van der Waals surface area contributed by atoms with Gasteiger partial charge in [0.05, 0.1) is 36.3 Å². The van der Waals surface area contributed by atoms with E-state index >= 15 is 0 Å². The number of halogens is 1. The van der Waals surface area contributed by atoms with E-state index in [9.17, 15) is 19.5 Å². The van der Waals surface area contributed by atoms with Crippen molar-refractivity contribution >= 4 is 51.1 Å². The maximum atomic E-state index is 14.5. The number of thioether (sulfide) groups is 1. The summed E-state index contributed by atoms with van der Waals surface area (Å²) < 4.78 is 4.43. The molecule has 3 aliphatic rings. The molecule has 3 aromatic rings. The molecule has 3 aromatic carbocycles.